The van der Waals surface area contributed by atoms with E-state index >= 15 is 0 Å². The number of aromatic nitrogens is 1. The highest BCUT2D eigenvalue weighted by molar-refractivity contribution is 6.30. The molecule has 0 fully saturated rings. The standard InChI is InChI=1S/C20H16ClNO3/c1-24-17-9-5-14(6-10-17)19-12-15(20(23)25-2)11-18(22-19)13-3-7-16(21)8-4-13/h3-12H,1-2H3. The number of carbonyl (C=O) groups is 1. The molecule has 3 rings (SSSR count). The first-order valence-corrected chi connectivity index (χ1v) is 7.99. The number of carbonyl (C=O) groups excluding carboxylic acids is 1. The van der Waals surface area contributed by atoms with Crippen molar-refractivity contribution in [3.63, 3.8) is 0 Å². The molecule has 3 aromatic rings. The molecular weight excluding hydrogens is 338 g/mol. The third-order valence-corrected chi connectivity index (χ3v) is 4.02. The molecule has 0 spiro atoms. The molecule has 5 heteroatoms. The minimum Gasteiger partial charge on any atom is -0.497 e. The van der Waals surface area contributed by atoms with E-state index in [0.717, 1.165) is 16.9 Å². The number of ether oxygens (including phenoxy) is 2. The number of pyridine rings is 1. The van der Waals surface area contributed by atoms with Crippen LogP contribution in [0.15, 0.2) is 60.7 Å². The smallest absolute Gasteiger partial charge is 0.338 e. The minimum absolute atomic E-state index is 0.410. The summed E-state index contributed by atoms with van der Waals surface area (Å²) in [6.07, 6.45) is 0. The van der Waals surface area contributed by atoms with Crippen LogP contribution in [-0.2, 0) is 4.74 Å². The fraction of sp³-hybridized carbons (Fsp3) is 0.100. The van der Waals surface area contributed by atoms with Crippen molar-refractivity contribution in [2.45, 2.75) is 0 Å². The molecule has 25 heavy (non-hydrogen) atoms. The van der Waals surface area contributed by atoms with Crippen molar-refractivity contribution in [2.75, 3.05) is 14.2 Å². The van der Waals surface area contributed by atoms with Crippen molar-refractivity contribution in [2.24, 2.45) is 0 Å². The van der Waals surface area contributed by atoms with Gasteiger partial charge in [-0.05, 0) is 48.5 Å². The Kier molecular flexibility index (Phi) is 5.00. The minimum atomic E-state index is -0.410. The van der Waals surface area contributed by atoms with Gasteiger partial charge < -0.3 is 9.47 Å². The van der Waals surface area contributed by atoms with E-state index in [0.29, 0.717) is 22.0 Å². The summed E-state index contributed by atoms with van der Waals surface area (Å²) in [6, 6.07) is 18.2. The Morgan fingerprint density at radius 1 is 0.880 bits per heavy atom. The van der Waals surface area contributed by atoms with Crippen molar-refractivity contribution in [1.82, 2.24) is 4.98 Å². The van der Waals surface area contributed by atoms with Gasteiger partial charge in [0.2, 0.25) is 0 Å². The van der Waals surface area contributed by atoms with Gasteiger partial charge >= 0.3 is 5.97 Å². The number of halogens is 1. The quantitative estimate of drug-likeness (QED) is 0.628. The van der Waals surface area contributed by atoms with Crippen LogP contribution in [-0.4, -0.2) is 25.2 Å². The molecule has 1 aromatic heterocycles. The first-order chi connectivity index (χ1) is 12.1. The average Bonchev–Trinajstić information content (AvgIpc) is 2.67. The van der Waals surface area contributed by atoms with Gasteiger partial charge in [-0.1, -0.05) is 23.7 Å². The van der Waals surface area contributed by atoms with Gasteiger partial charge in [0.15, 0.2) is 0 Å². The number of benzene rings is 2. The van der Waals surface area contributed by atoms with Crippen molar-refractivity contribution >= 4 is 17.6 Å². The van der Waals surface area contributed by atoms with Crippen LogP contribution in [0.5, 0.6) is 5.75 Å². The third kappa shape index (κ3) is 3.80. The number of esters is 1. The predicted octanol–water partition coefficient (Wildman–Crippen LogP) is 4.86. The largest absolute Gasteiger partial charge is 0.497 e. The van der Waals surface area contributed by atoms with Crippen LogP contribution in [0.2, 0.25) is 5.02 Å². The summed E-state index contributed by atoms with van der Waals surface area (Å²) in [5, 5.41) is 0.642. The molecule has 0 aliphatic carbocycles. The van der Waals surface area contributed by atoms with Gasteiger partial charge in [-0.3, -0.25) is 0 Å². The summed E-state index contributed by atoms with van der Waals surface area (Å²) in [5.74, 6) is 0.346. The lowest BCUT2D eigenvalue weighted by Gasteiger charge is -2.09. The van der Waals surface area contributed by atoms with E-state index in [1.807, 2.05) is 36.4 Å². The second kappa shape index (κ2) is 7.36. The van der Waals surface area contributed by atoms with Crippen molar-refractivity contribution < 1.29 is 14.3 Å². The molecule has 4 nitrogen and oxygen atoms in total. The maximum Gasteiger partial charge on any atom is 0.338 e. The van der Waals surface area contributed by atoms with Crippen LogP contribution >= 0.6 is 11.6 Å². The molecule has 0 amide bonds. The first kappa shape index (κ1) is 17.0. The van der Waals surface area contributed by atoms with Gasteiger partial charge in [-0.25, -0.2) is 9.78 Å². The highest BCUT2D eigenvalue weighted by atomic mass is 35.5. The van der Waals surface area contributed by atoms with E-state index in [1.54, 1.807) is 31.4 Å². The Bertz CT molecular complexity index is 890. The molecular formula is C20H16ClNO3. The van der Waals surface area contributed by atoms with Gasteiger partial charge in [-0.15, -0.1) is 0 Å². The summed E-state index contributed by atoms with van der Waals surface area (Å²) in [6.45, 7) is 0. The summed E-state index contributed by atoms with van der Waals surface area (Å²) < 4.78 is 10.0. The van der Waals surface area contributed by atoms with E-state index in [9.17, 15) is 4.79 Å². The van der Waals surface area contributed by atoms with Crippen molar-refractivity contribution in [3.8, 4) is 28.3 Å². The molecule has 0 saturated heterocycles. The molecule has 0 N–H and O–H groups in total. The normalized spacial score (nSPS) is 10.4. The van der Waals surface area contributed by atoms with Crippen LogP contribution < -0.4 is 4.74 Å². The zero-order valence-electron chi connectivity index (χ0n) is 13.8. The molecule has 0 aliphatic heterocycles. The molecule has 0 radical (unpaired) electrons. The number of hydrogen-bond acceptors (Lipinski definition) is 4. The van der Waals surface area contributed by atoms with Gasteiger partial charge in [0.25, 0.3) is 0 Å². The molecule has 0 unspecified atom stereocenters. The van der Waals surface area contributed by atoms with Crippen LogP contribution in [0.3, 0.4) is 0 Å². The highest BCUT2D eigenvalue weighted by Gasteiger charge is 2.13. The number of methoxy groups -OCH3 is 2. The fourth-order valence-electron chi connectivity index (χ4n) is 2.44. The SMILES string of the molecule is COC(=O)c1cc(-c2ccc(Cl)cc2)nc(-c2ccc(OC)cc2)c1. The lowest BCUT2D eigenvalue weighted by Crippen LogP contribution is -2.03. The molecule has 0 saturated carbocycles. The lowest BCUT2D eigenvalue weighted by atomic mass is 10.0. The molecule has 0 aliphatic rings. The van der Waals surface area contributed by atoms with Gasteiger partial charge in [-0.2, -0.15) is 0 Å². The van der Waals surface area contributed by atoms with E-state index in [-0.39, 0.29) is 0 Å². The molecule has 0 bridgehead atoms. The Morgan fingerprint density at radius 3 is 1.88 bits per heavy atom. The topological polar surface area (TPSA) is 48.4 Å². The predicted molar refractivity (Wildman–Crippen MR) is 98.0 cm³/mol. The van der Waals surface area contributed by atoms with Crippen LogP contribution in [0, 0.1) is 0 Å². The number of nitrogens with zero attached hydrogens (tertiary/aromatic N) is 1. The Balaban J connectivity index is 2.12. The highest BCUT2D eigenvalue weighted by Crippen LogP contribution is 2.27. The molecule has 126 valence electrons. The maximum absolute atomic E-state index is 12.0. The van der Waals surface area contributed by atoms with E-state index in [4.69, 9.17) is 21.1 Å². The van der Waals surface area contributed by atoms with E-state index in [2.05, 4.69) is 4.98 Å². The van der Waals surface area contributed by atoms with Crippen LogP contribution in [0.4, 0.5) is 0 Å². The summed E-state index contributed by atoms with van der Waals surface area (Å²) in [5.41, 5.74) is 3.53. The summed E-state index contributed by atoms with van der Waals surface area (Å²) >= 11 is 5.95. The Morgan fingerprint density at radius 2 is 1.40 bits per heavy atom. The van der Waals surface area contributed by atoms with Crippen LogP contribution in [0.1, 0.15) is 10.4 Å². The average molecular weight is 354 g/mol. The Hall–Kier alpha value is -2.85. The molecule has 1 heterocycles. The van der Waals surface area contributed by atoms with E-state index < -0.39 is 5.97 Å². The lowest BCUT2D eigenvalue weighted by molar-refractivity contribution is 0.0600. The third-order valence-electron chi connectivity index (χ3n) is 3.77. The van der Waals surface area contributed by atoms with E-state index in [1.165, 1.54) is 7.11 Å². The zero-order chi connectivity index (χ0) is 17.8. The maximum atomic E-state index is 12.0. The molecule has 2 aromatic carbocycles. The second-order valence-electron chi connectivity index (χ2n) is 5.35. The monoisotopic (exact) mass is 353 g/mol. The van der Waals surface area contributed by atoms with Crippen molar-refractivity contribution in [3.05, 3.63) is 71.2 Å². The summed E-state index contributed by atoms with van der Waals surface area (Å²) in [4.78, 5) is 16.7. The first-order valence-electron chi connectivity index (χ1n) is 7.61. The van der Waals surface area contributed by atoms with Crippen molar-refractivity contribution in [1.29, 1.82) is 0 Å². The second-order valence-corrected chi connectivity index (χ2v) is 5.79. The van der Waals surface area contributed by atoms with Gasteiger partial charge in [0.05, 0.1) is 31.2 Å². The summed E-state index contributed by atoms with van der Waals surface area (Å²) in [7, 11) is 2.97. The van der Waals surface area contributed by atoms with Gasteiger partial charge in [0, 0.05) is 16.1 Å². The fourth-order valence-corrected chi connectivity index (χ4v) is 2.57. The van der Waals surface area contributed by atoms with Crippen LogP contribution in [0.25, 0.3) is 22.5 Å². The zero-order valence-corrected chi connectivity index (χ0v) is 14.6. The number of hydrogen-bond donors (Lipinski definition) is 0. The molecule has 0 atom stereocenters. The number of rotatable bonds is 4. The van der Waals surface area contributed by atoms with Gasteiger partial charge in [0.1, 0.15) is 5.75 Å². The Labute approximate surface area is 151 Å².